The number of aliphatic hydroxyl groups is 1. The molecule has 0 bridgehead atoms. The Bertz CT molecular complexity index is 998. The fourth-order valence-electron chi connectivity index (χ4n) is 4.11. The highest BCUT2D eigenvalue weighted by Crippen LogP contribution is 2.47. The van der Waals surface area contributed by atoms with Gasteiger partial charge in [-0.1, -0.05) is 18.2 Å². The normalized spacial score (nSPS) is 20.6. The molecule has 0 fully saturated rings. The third-order valence-corrected chi connectivity index (χ3v) is 5.66. The summed E-state index contributed by atoms with van der Waals surface area (Å²) in [6, 6.07) is 10.2. The Hall–Kier alpha value is -3.07. The quantitative estimate of drug-likeness (QED) is 0.822. The summed E-state index contributed by atoms with van der Waals surface area (Å²) in [6.07, 6.45) is -5.48. The Kier molecular flexibility index (Phi) is 4.73. The van der Waals surface area contributed by atoms with Gasteiger partial charge in [-0.05, 0) is 25.1 Å². The summed E-state index contributed by atoms with van der Waals surface area (Å²) < 4.78 is 39.1. The van der Waals surface area contributed by atoms with Crippen LogP contribution in [0.3, 0.4) is 0 Å². The van der Waals surface area contributed by atoms with Crippen molar-refractivity contribution < 1.29 is 28.2 Å². The number of hydrogen-bond acceptors (Lipinski definition) is 6. The molecule has 30 heavy (non-hydrogen) atoms. The van der Waals surface area contributed by atoms with Crippen LogP contribution in [0.5, 0.6) is 11.5 Å². The van der Waals surface area contributed by atoms with Crippen molar-refractivity contribution in [1.82, 2.24) is 0 Å². The van der Waals surface area contributed by atoms with E-state index in [1.165, 1.54) is 19.1 Å². The predicted octanol–water partition coefficient (Wildman–Crippen LogP) is 2.98. The molecule has 1 N–H and O–H groups in total. The third-order valence-electron chi connectivity index (χ3n) is 5.66. The van der Waals surface area contributed by atoms with Crippen molar-refractivity contribution in [3.8, 4) is 11.5 Å². The number of carbonyl (C=O) groups excluding carboxylic acids is 1. The molecule has 7 nitrogen and oxygen atoms in total. The van der Waals surface area contributed by atoms with Gasteiger partial charge in [-0.2, -0.15) is 8.78 Å². The van der Waals surface area contributed by atoms with Gasteiger partial charge in [0.05, 0.1) is 31.1 Å². The molecular formula is C21H23F2N3O4. The average Bonchev–Trinajstić information content (AvgIpc) is 2.95. The Morgan fingerprint density at radius 1 is 1.17 bits per heavy atom. The van der Waals surface area contributed by atoms with Gasteiger partial charge in [0.15, 0.2) is 5.75 Å². The number of aliphatic hydroxyl groups excluding tert-OH is 1. The molecule has 0 radical (unpaired) electrons. The number of benzene rings is 2. The van der Waals surface area contributed by atoms with Crippen molar-refractivity contribution in [2.45, 2.75) is 25.3 Å². The van der Waals surface area contributed by atoms with Gasteiger partial charge in [0, 0.05) is 19.7 Å². The molecule has 1 amide bonds. The van der Waals surface area contributed by atoms with Gasteiger partial charge in [0.2, 0.25) is 0 Å². The molecule has 0 spiro atoms. The Balaban J connectivity index is 1.75. The number of para-hydroxylation sites is 2. The van der Waals surface area contributed by atoms with Crippen molar-refractivity contribution in [2.75, 3.05) is 42.4 Å². The highest BCUT2D eigenvalue weighted by molar-refractivity contribution is 6.01. The number of methoxy groups -OCH3 is 1. The van der Waals surface area contributed by atoms with Crippen LogP contribution in [0.15, 0.2) is 36.4 Å². The molecule has 2 atom stereocenters. The number of nitrogens with zero attached hydrogens (tertiary/aromatic N) is 3. The fourth-order valence-corrected chi connectivity index (χ4v) is 4.11. The number of halogens is 2. The van der Waals surface area contributed by atoms with E-state index in [1.807, 2.05) is 42.1 Å². The van der Waals surface area contributed by atoms with Gasteiger partial charge >= 0.3 is 12.0 Å². The monoisotopic (exact) mass is 419 g/mol. The molecule has 0 saturated heterocycles. The number of rotatable bonds is 4. The van der Waals surface area contributed by atoms with Crippen molar-refractivity contribution >= 4 is 23.0 Å². The van der Waals surface area contributed by atoms with E-state index in [2.05, 4.69) is 0 Å². The van der Waals surface area contributed by atoms with Crippen LogP contribution in [0, 0.1) is 0 Å². The first-order valence-corrected chi connectivity index (χ1v) is 9.49. The minimum absolute atomic E-state index is 0.0428. The number of ether oxygens (including phenoxy) is 2. The van der Waals surface area contributed by atoms with Gasteiger partial charge in [-0.25, -0.2) is 0 Å². The summed E-state index contributed by atoms with van der Waals surface area (Å²) in [6.45, 7) is 1.41. The number of carbonyl (C=O) groups is 1. The molecule has 160 valence electrons. The summed E-state index contributed by atoms with van der Waals surface area (Å²) in [4.78, 5) is 17.5. The third kappa shape index (κ3) is 2.92. The van der Waals surface area contributed by atoms with Crippen LogP contribution >= 0.6 is 0 Å². The molecule has 2 aliphatic heterocycles. The first-order valence-electron chi connectivity index (χ1n) is 9.49. The lowest BCUT2D eigenvalue weighted by Crippen LogP contribution is -2.57. The molecule has 2 aromatic carbocycles. The van der Waals surface area contributed by atoms with Crippen LogP contribution in [0.2, 0.25) is 0 Å². The maximum Gasteiger partial charge on any atom is 0.482 e. The lowest BCUT2D eigenvalue weighted by molar-refractivity contribution is -0.193. The highest BCUT2D eigenvalue weighted by atomic mass is 19.3. The van der Waals surface area contributed by atoms with Gasteiger partial charge in [0.25, 0.3) is 0 Å². The van der Waals surface area contributed by atoms with Crippen LogP contribution in [-0.2, 0) is 4.79 Å². The number of likely N-dealkylation sites (N-methyl/N-ethyl adjacent to an activating group) is 2. The average molecular weight is 419 g/mol. The van der Waals surface area contributed by atoms with E-state index in [0.29, 0.717) is 5.75 Å². The van der Waals surface area contributed by atoms with Crippen molar-refractivity contribution in [1.29, 1.82) is 0 Å². The standard InChI is InChI=1S/C21H23F2N3O4/c1-12(27)13-7-5-9-15-19(13)30-21(22,23)20(28)26(15)11-17-24(2)14-8-6-10-16(29-4)18(14)25(17)3/h5-10,12,17,27H,11H2,1-4H3/t12-,17?/m0/s1. The minimum atomic E-state index is -4.03. The zero-order valence-electron chi connectivity index (χ0n) is 17.1. The van der Waals surface area contributed by atoms with Crippen molar-refractivity contribution in [2.24, 2.45) is 0 Å². The van der Waals surface area contributed by atoms with Gasteiger partial charge in [0.1, 0.15) is 17.6 Å². The molecule has 0 aliphatic carbocycles. The Morgan fingerprint density at radius 3 is 2.50 bits per heavy atom. The van der Waals surface area contributed by atoms with Crippen LogP contribution in [0.4, 0.5) is 25.8 Å². The molecule has 0 aromatic heterocycles. The maximum atomic E-state index is 14.5. The lowest BCUT2D eigenvalue weighted by Gasteiger charge is -2.38. The molecule has 0 saturated carbocycles. The van der Waals surface area contributed by atoms with E-state index >= 15 is 0 Å². The Morgan fingerprint density at radius 2 is 1.83 bits per heavy atom. The molecule has 1 unspecified atom stereocenters. The van der Waals surface area contributed by atoms with Crippen LogP contribution in [0.1, 0.15) is 18.6 Å². The number of amides is 1. The summed E-state index contributed by atoms with van der Waals surface area (Å²) >= 11 is 0. The summed E-state index contributed by atoms with van der Waals surface area (Å²) in [5.41, 5.74) is 2.09. The summed E-state index contributed by atoms with van der Waals surface area (Å²) in [5.74, 6) is -0.974. The zero-order chi connectivity index (χ0) is 21.8. The van der Waals surface area contributed by atoms with Gasteiger partial charge in [-0.3, -0.25) is 9.69 Å². The highest BCUT2D eigenvalue weighted by Gasteiger charge is 2.52. The molecule has 4 rings (SSSR count). The van der Waals surface area contributed by atoms with Crippen LogP contribution in [0.25, 0.3) is 0 Å². The maximum absolute atomic E-state index is 14.5. The largest absolute Gasteiger partial charge is 0.495 e. The number of hydrogen-bond donors (Lipinski definition) is 1. The summed E-state index contributed by atoms with van der Waals surface area (Å²) in [7, 11) is 5.23. The number of alkyl halides is 2. The zero-order valence-corrected chi connectivity index (χ0v) is 17.1. The SMILES string of the molecule is COc1cccc2c1N(C)C(CN1C(=O)C(F)(F)Oc3c([C@H](C)O)cccc31)N2C. The second kappa shape index (κ2) is 7.02. The second-order valence-electron chi connectivity index (χ2n) is 7.44. The molecule has 2 aromatic rings. The second-order valence-corrected chi connectivity index (χ2v) is 7.44. The lowest BCUT2D eigenvalue weighted by atomic mass is 10.1. The summed E-state index contributed by atoms with van der Waals surface area (Å²) in [5, 5.41) is 9.99. The number of anilines is 3. The number of fused-ring (bicyclic) bond motifs is 2. The minimum Gasteiger partial charge on any atom is -0.495 e. The molecular weight excluding hydrogens is 396 g/mol. The van der Waals surface area contributed by atoms with Gasteiger partial charge < -0.3 is 24.4 Å². The van der Waals surface area contributed by atoms with Crippen LogP contribution in [-0.4, -0.2) is 51.0 Å². The first kappa shape index (κ1) is 20.2. The molecule has 2 heterocycles. The van der Waals surface area contributed by atoms with Gasteiger partial charge in [-0.15, -0.1) is 0 Å². The smallest absolute Gasteiger partial charge is 0.482 e. The van der Waals surface area contributed by atoms with E-state index in [-0.39, 0.29) is 23.5 Å². The molecule has 2 aliphatic rings. The molecule has 9 heteroatoms. The van der Waals surface area contributed by atoms with Crippen molar-refractivity contribution in [3.05, 3.63) is 42.0 Å². The predicted molar refractivity (Wildman–Crippen MR) is 109 cm³/mol. The van der Waals surface area contributed by atoms with E-state index in [1.54, 1.807) is 13.2 Å². The van der Waals surface area contributed by atoms with E-state index in [4.69, 9.17) is 9.47 Å². The van der Waals surface area contributed by atoms with Crippen molar-refractivity contribution in [3.63, 3.8) is 0 Å². The fraction of sp³-hybridized carbons (Fsp3) is 0.381. The van der Waals surface area contributed by atoms with E-state index in [0.717, 1.165) is 16.3 Å². The van der Waals surface area contributed by atoms with E-state index < -0.39 is 24.3 Å². The Labute approximate surface area is 173 Å². The first-order chi connectivity index (χ1) is 14.2. The van der Waals surface area contributed by atoms with E-state index in [9.17, 15) is 18.7 Å². The van der Waals surface area contributed by atoms with Crippen LogP contribution < -0.4 is 24.2 Å². The topological polar surface area (TPSA) is 65.5 Å².